The van der Waals surface area contributed by atoms with E-state index in [0.29, 0.717) is 17.1 Å². The van der Waals surface area contributed by atoms with Gasteiger partial charge in [-0.2, -0.15) is 0 Å². The Morgan fingerprint density at radius 2 is 2.21 bits per heavy atom. The average Bonchev–Trinajstić information content (AvgIpc) is 2.83. The molecular formula is C13H15N3O3. The van der Waals surface area contributed by atoms with Crippen molar-refractivity contribution in [2.75, 3.05) is 23.8 Å². The summed E-state index contributed by atoms with van der Waals surface area (Å²) in [5, 5.41) is 12.8. The van der Waals surface area contributed by atoms with E-state index in [1.165, 1.54) is 4.90 Å². The van der Waals surface area contributed by atoms with Crippen LogP contribution in [0.4, 0.5) is 11.4 Å². The Hall–Kier alpha value is -2.34. The Morgan fingerprint density at radius 1 is 1.47 bits per heavy atom. The topological polar surface area (TPSA) is 92.6 Å². The summed E-state index contributed by atoms with van der Waals surface area (Å²) in [6.07, 6.45) is 0. The largest absolute Gasteiger partial charge is 0.397 e. The van der Waals surface area contributed by atoms with Crippen LogP contribution in [0.15, 0.2) is 34.9 Å². The van der Waals surface area contributed by atoms with Crippen LogP contribution in [0.3, 0.4) is 0 Å². The lowest BCUT2D eigenvalue weighted by atomic mass is 10.2. The Kier molecular flexibility index (Phi) is 3.82. The number of nitrogen functional groups attached to an aromatic ring is 1. The van der Waals surface area contributed by atoms with Crippen LogP contribution in [0.1, 0.15) is 16.2 Å². The molecule has 1 aromatic heterocycles. The van der Waals surface area contributed by atoms with E-state index in [-0.39, 0.29) is 24.8 Å². The number of nitrogens with zero attached hydrogens (tertiary/aromatic N) is 2. The number of aryl methyl sites for hydroxylation is 1. The molecule has 0 bridgehead atoms. The second kappa shape index (κ2) is 5.53. The van der Waals surface area contributed by atoms with E-state index < -0.39 is 0 Å². The van der Waals surface area contributed by atoms with Crippen LogP contribution in [0.25, 0.3) is 0 Å². The molecule has 0 fully saturated rings. The van der Waals surface area contributed by atoms with Crippen LogP contribution in [0.2, 0.25) is 0 Å². The molecule has 3 N–H and O–H groups in total. The molecule has 1 amide bonds. The molecular weight excluding hydrogens is 246 g/mol. The molecule has 1 aromatic carbocycles. The number of nitrogens with two attached hydrogens (primary N) is 1. The number of carbonyl (C=O) groups is 1. The number of carbonyl (C=O) groups excluding carboxylic acids is 1. The minimum absolute atomic E-state index is 0.120. The highest BCUT2D eigenvalue weighted by Crippen LogP contribution is 2.24. The van der Waals surface area contributed by atoms with E-state index in [1.807, 2.05) is 0 Å². The van der Waals surface area contributed by atoms with Crippen molar-refractivity contribution in [3.05, 3.63) is 41.8 Å². The molecule has 0 atom stereocenters. The maximum Gasteiger partial charge on any atom is 0.297 e. The third-order valence-corrected chi connectivity index (χ3v) is 2.64. The van der Waals surface area contributed by atoms with Gasteiger partial charge in [0.15, 0.2) is 0 Å². The van der Waals surface area contributed by atoms with Gasteiger partial charge in [0, 0.05) is 12.6 Å². The van der Waals surface area contributed by atoms with Crippen molar-refractivity contribution in [3.63, 3.8) is 0 Å². The number of rotatable bonds is 4. The maximum atomic E-state index is 12.3. The highest BCUT2D eigenvalue weighted by Gasteiger charge is 2.22. The number of amides is 1. The summed E-state index contributed by atoms with van der Waals surface area (Å²) in [6.45, 7) is 1.69. The van der Waals surface area contributed by atoms with E-state index in [9.17, 15) is 4.79 Å². The second-order valence-electron chi connectivity index (χ2n) is 4.07. The van der Waals surface area contributed by atoms with Gasteiger partial charge in [0.1, 0.15) is 0 Å². The van der Waals surface area contributed by atoms with Gasteiger partial charge in [-0.25, -0.2) is 0 Å². The van der Waals surface area contributed by atoms with Gasteiger partial charge in [-0.3, -0.25) is 4.79 Å². The zero-order chi connectivity index (χ0) is 13.8. The molecule has 0 radical (unpaired) electrons. The third kappa shape index (κ3) is 2.74. The van der Waals surface area contributed by atoms with Gasteiger partial charge in [-0.15, -0.1) is 0 Å². The number of aromatic nitrogens is 1. The van der Waals surface area contributed by atoms with E-state index in [0.717, 1.165) is 0 Å². The fraction of sp³-hybridized carbons (Fsp3) is 0.231. The maximum absolute atomic E-state index is 12.3. The molecule has 1 heterocycles. The van der Waals surface area contributed by atoms with Crippen LogP contribution in [-0.2, 0) is 0 Å². The Morgan fingerprint density at radius 3 is 2.79 bits per heavy atom. The number of aliphatic hydroxyl groups excluding tert-OH is 1. The van der Waals surface area contributed by atoms with E-state index in [1.54, 1.807) is 37.3 Å². The van der Waals surface area contributed by atoms with Gasteiger partial charge in [0.25, 0.3) is 5.91 Å². The quantitative estimate of drug-likeness (QED) is 0.807. The van der Waals surface area contributed by atoms with Crippen molar-refractivity contribution in [2.24, 2.45) is 0 Å². The first kappa shape index (κ1) is 13.1. The van der Waals surface area contributed by atoms with Crippen LogP contribution in [-0.4, -0.2) is 29.3 Å². The van der Waals surface area contributed by atoms with Crippen LogP contribution in [0.5, 0.6) is 0 Å². The van der Waals surface area contributed by atoms with Gasteiger partial charge in [-0.1, -0.05) is 17.3 Å². The van der Waals surface area contributed by atoms with Crippen molar-refractivity contribution in [1.29, 1.82) is 0 Å². The summed E-state index contributed by atoms with van der Waals surface area (Å²) < 4.78 is 4.95. The molecule has 0 unspecified atom stereocenters. The molecule has 0 aliphatic heterocycles. The Balaban J connectivity index is 2.35. The molecule has 0 aliphatic carbocycles. The molecule has 0 aliphatic rings. The highest BCUT2D eigenvalue weighted by atomic mass is 16.5. The average molecular weight is 261 g/mol. The Bertz CT molecular complexity index is 580. The van der Waals surface area contributed by atoms with E-state index >= 15 is 0 Å². The lowest BCUT2D eigenvalue weighted by Crippen LogP contribution is -2.33. The minimum Gasteiger partial charge on any atom is -0.397 e. The van der Waals surface area contributed by atoms with Crippen molar-refractivity contribution in [3.8, 4) is 0 Å². The zero-order valence-electron chi connectivity index (χ0n) is 10.5. The van der Waals surface area contributed by atoms with Crippen LogP contribution >= 0.6 is 0 Å². The fourth-order valence-corrected chi connectivity index (χ4v) is 1.76. The van der Waals surface area contributed by atoms with Gasteiger partial charge in [0.2, 0.25) is 5.76 Å². The summed E-state index contributed by atoms with van der Waals surface area (Å²) >= 11 is 0. The van der Waals surface area contributed by atoms with Gasteiger partial charge >= 0.3 is 0 Å². The first-order valence-electron chi connectivity index (χ1n) is 5.84. The van der Waals surface area contributed by atoms with Crippen molar-refractivity contribution in [1.82, 2.24) is 5.16 Å². The molecule has 19 heavy (non-hydrogen) atoms. The van der Waals surface area contributed by atoms with E-state index in [2.05, 4.69) is 5.16 Å². The molecule has 2 aromatic rings. The van der Waals surface area contributed by atoms with Crippen molar-refractivity contribution in [2.45, 2.75) is 6.92 Å². The second-order valence-corrected chi connectivity index (χ2v) is 4.07. The molecule has 0 spiro atoms. The number of benzene rings is 1. The molecule has 0 saturated heterocycles. The number of hydrogen-bond acceptors (Lipinski definition) is 5. The summed E-state index contributed by atoms with van der Waals surface area (Å²) in [5.41, 5.74) is 7.47. The number of aliphatic hydroxyl groups is 1. The Labute approximate surface area is 110 Å². The summed E-state index contributed by atoms with van der Waals surface area (Å²) in [5.74, 6) is -0.262. The van der Waals surface area contributed by atoms with Crippen molar-refractivity contribution >= 4 is 17.3 Å². The fourth-order valence-electron chi connectivity index (χ4n) is 1.76. The zero-order valence-corrected chi connectivity index (χ0v) is 10.5. The highest BCUT2D eigenvalue weighted by molar-refractivity contribution is 6.05. The lowest BCUT2D eigenvalue weighted by molar-refractivity contribution is 0.0945. The number of anilines is 2. The lowest BCUT2D eigenvalue weighted by Gasteiger charge is -2.21. The standard InChI is InChI=1S/C13H15N3O3/c1-9-8-12(19-15-9)13(18)16(6-7-17)11-5-3-2-4-10(11)14/h2-5,8,17H,6-7,14H2,1H3. The first-order chi connectivity index (χ1) is 9.13. The molecule has 2 rings (SSSR count). The summed E-state index contributed by atoms with van der Waals surface area (Å²) in [7, 11) is 0. The van der Waals surface area contributed by atoms with Gasteiger partial charge in [-0.05, 0) is 19.1 Å². The summed E-state index contributed by atoms with van der Waals surface area (Å²) in [6, 6.07) is 8.50. The van der Waals surface area contributed by atoms with Crippen LogP contribution < -0.4 is 10.6 Å². The smallest absolute Gasteiger partial charge is 0.297 e. The molecule has 6 nitrogen and oxygen atoms in total. The predicted molar refractivity (Wildman–Crippen MR) is 70.9 cm³/mol. The van der Waals surface area contributed by atoms with Gasteiger partial charge < -0.3 is 20.3 Å². The number of hydrogen-bond donors (Lipinski definition) is 2. The monoisotopic (exact) mass is 261 g/mol. The molecule has 100 valence electrons. The third-order valence-electron chi connectivity index (χ3n) is 2.64. The van der Waals surface area contributed by atoms with Crippen LogP contribution in [0, 0.1) is 6.92 Å². The van der Waals surface area contributed by atoms with Crippen molar-refractivity contribution < 1.29 is 14.4 Å². The SMILES string of the molecule is Cc1cc(C(=O)N(CCO)c2ccccc2N)on1. The van der Waals surface area contributed by atoms with Gasteiger partial charge in [0.05, 0.1) is 23.7 Å². The minimum atomic E-state index is -0.382. The summed E-state index contributed by atoms with van der Waals surface area (Å²) in [4.78, 5) is 13.7. The normalized spacial score (nSPS) is 10.4. The predicted octanol–water partition coefficient (Wildman–Crippen LogP) is 1.20. The number of para-hydroxylation sites is 2. The molecule has 6 heteroatoms. The van der Waals surface area contributed by atoms with E-state index in [4.69, 9.17) is 15.4 Å². The first-order valence-corrected chi connectivity index (χ1v) is 5.84. The molecule has 0 saturated carbocycles.